The van der Waals surface area contributed by atoms with Crippen LogP contribution in [-0.2, 0) is 29.1 Å². The Balaban J connectivity index is 1.71. The minimum atomic E-state index is -0.544. The summed E-state index contributed by atoms with van der Waals surface area (Å²) < 4.78 is 3.68. The second-order valence-electron chi connectivity index (χ2n) is 8.74. The molecule has 4 rings (SSSR count). The maximum atomic E-state index is 13.3. The summed E-state index contributed by atoms with van der Waals surface area (Å²) in [5, 5.41) is 10.4. The SMILES string of the molecule is CCc1ccccc1NC(=O)Cn1nc2n(CCC(=O)NC(C)CC)c(=O)c3ccccc3n2c1=O. The predicted octanol–water partition coefficient (Wildman–Crippen LogP) is 2.32. The standard InChI is InChI=1S/C26H30N6O4/c1-4-17(3)27-22(33)14-15-30-24(35)19-11-7-9-13-21(19)32-25(30)29-31(26(32)36)16-23(34)28-20-12-8-6-10-18(20)5-2/h6-13,17H,4-5,14-16H2,1-3H3,(H,27,33)(H,28,34). The number of amides is 2. The number of fused-ring (bicyclic) bond motifs is 3. The fourth-order valence-electron chi connectivity index (χ4n) is 4.11. The van der Waals surface area contributed by atoms with Crippen molar-refractivity contribution in [2.45, 2.75) is 59.2 Å². The summed E-state index contributed by atoms with van der Waals surface area (Å²) in [4.78, 5) is 51.8. The molecule has 2 heterocycles. The van der Waals surface area contributed by atoms with E-state index < -0.39 is 11.6 Å². The number of aromatic nitrogens is 4. The molecular formula is C26H30N6O4. The van der Waals surface area contributed by atoms with Gasteiger partial charge in [0.05, 0.1) is 10.9 Å². The lowest BCUT2D eigenvalue weighted by molar-refractivity contribution is -0.122. The van der Waals surface area contributed by atoms with Crippen LogP contribution in [-0.4, -0.2) is 36.6 Å². The highest BCUT2D eigenvalue weighted by Crippen LogP contribution is 2.15. The molecule has 0 saturated heterocycles. The molecule has 0 bridgehead atoms. The summed E-state index contributed by atoms with van der Waals surface area (Å²) in [7, 11) is 0. The molecular weight excluding hydrogens is 460 g/mol. The van der Waals surface area contributed by atoms with E-state index in [0.717, 1.165) is 23.1 Å². The number of nitrogens with zero attached hydrogens (tertiary/aromatic N) is 4. The van der Waals surface area contributed by atoms with Gasteiger partial charge in [0.1, 0.15) is 6.54 Å². The van der Waals surface area contributed by atoms with E-state index >= 15 is 0 Å². The molecule has 2 amide bonds. The maximum Gasteiger partial charge on any atom is 0.352 e. The molecule has 0 aliphatic rings. The van der Waals surface area contributed by atoms with E-state index in [-0.39, 0.29) is 42.8 Å². The van der Waals surface area contributed by atoms with E-state index in [4.69, 9.17) is 0 Å². The number of hydrogen-bond acceptors (Lipinski definition) is 5. The second kappa shape index (κ2) is 10.6. The Hall–Kier alpha value is -4.21. The van der Waals surface area contributed by atoms with Gasteiger partial charge in [-0.15, -0.1) is 5.10 Å². The normalized spacial score (nSPS) is 12.1. The van der Waals surface area contributed by atoms with Crippen molar-refractivity contribution in [3.05, 3.63) is 74.9 Å². The number of carbonyl (C=O) groups excluding carboxylic acids is 2. The van der Waals surface area contributed by atoms with Crippen molar-refractivity contribution >= 4 is 34.2 Å². The highest BCUT2D eigenvalue weighted by atomic mass is 16.2. The van der Waals surface area contributed by atoms with Crippen molar-refractivity contribution in [3.8, 4) is 0 Å². The van der Waals surface area contributed by atoms with Gasteiger partial charge >= 0.3 is 5.69 Å². The molecule has 2 aromatic heterocycles. The Labute approximate surface area is 207 Å². The molecule has 10 heteroatoms. The van der Waals surface area contributed by atoms with E-state index in [1.165, 1.54) is 8.97 Å². The molecule has 2 aromatic carbocycles. The Morgan fingerprint density at radius 2 is 1.72 bits per heavy atom. The Morgan fingerprint density at radius 1 is 1.00 bits per heavy atom. The van der Waals surface area contributed by atoms with Gasteiger partial charge in [-0.3, -0.25) is 19.0 Å². The van der Waals surface area contributed by atoms with Crippen LogP contribution < -0.4 is 21.9 Å². The van der Waals surface area contributed by atoms with Crippen molar-refractivity contribution in [2.75, 3.05) is 5.32 Å². The van der Waals surface area contributed by atoms with Crippen molar-refractivity contribution in [3.63, 3.8) is 0 Å². The van der Waals surface area contributed by atoms with Crippen molar-refractivity contribution < 1.29 is 9.59 Å². The lowest BCUT2D eigenvalue weighted by Crippen LogP contribution is -2.34. The first-order chi connectivity index (χ1) is 17.3. The van der Waals surface area contributed by atoms with Gasteiger partial charge in [0.25, 0.3) is 5.56 Å². The summed E-state index contributed by atoms with van der Waals surface area (Å²) in [6.45, 7) is 5.59. The molecule has 1 unspecified atom stereocenters. The van der Waals surface area contributed by atoms with E-state index in [0.29, 0.717) is 16.6 Å². The van der Waals surface area contributed by atoms with Crippen LogP contribution in [0.5, 0.6) is 0 Å². The van der Waals surface area contributed by atoms with Gasteiger partial charge in [0, 0.05) is 24.7 Å². The highest BCUT2D eigenvalue weighted by molar-refractivity contribution is 5.91. The molecule has 0 fully saturated rings. The molecule has 0 saturated carbocycles. The van der Waals surface area contributed by atoms with Crippen LogP contribution in [0, 0.1) is 0 Å². The number of para-hydroxylation sites is 2. The molecule has 0 aliphatic heterocycles. The van der Waals surface area contributed by atoms with Crippen LogP contribution in [0.1, 0.15) is 39.2 Å². The van der Waals surface area contributed by atoms with Crippen LogP contribution in [0.4, 0.5) is 5.69 Å². The van der Waals surface area contributed by atoms with Crippen LogP contribution in [0.25, 0.3) is 16.7 Å². The fourth-order valence-corrected chi connectivity index (χ4v) is 4.11. The minimum absolute atomic E-state index is 0.0176. The van der Waals surface area contributed by atoms with E-state index in [1.54, 1.807) is 30.3 Å². The summed E-state index contributed by atoms with van der Waals surface area (Å²) >= 11 is 0. The lowest BCUT2D eigenvalue weighted by Gasteiger charge is -2.12. The monoisotopic (exact) mass is 490 g/mol. The van der Waals surface area contributed by atoms with Gasteiger partial charge in [0.15, 0.2) is 0 Å². The quantitative estimate of drug-likeness (QED) is 0.373. The number of rotatable bonds is 9. The van der Waals surface area contributed by atoms with Gasteiger partial charge in [-0.2, -0.15) is 0 Å². The number of anilines is 1. The largest absolute Gasteiger partial charge is 0.354 e. The number of benzene rings is 2. The molecule has 188 valence electrons. The molecule has 0 aliphatic carbocycles. The number of carbonyl (C=O) groups is 2. The average Bonchev–Trinajstić information content (AvgIpc) is 3.19. The third-order valence-electron chi connectivity index (χ3n) is 6.23. The zero-order valence-electron chi connectivity index (χ0n) is 20.7. The van der Waals surface area contributed by atoms with Gasteiger partial charge < -0.3 is 10.6 Å². The molecule has 36 heavy (non-hydrogen) atoms. The van der Waals surface area contributed by atoms with E-state index in [9.17, 15) is 19.2 Å². The topological polar surface area (TPSA) is 120 Å². The second-order valence-corrected chi connectivity index (χ2v) is 8.74. The summed E-state index contributed by atoms with van der Waals surface area (Å²) in [6.07, 6.45) is 1.58. The number of nitrogens with one attached hydrogen (secondary N) is 2. The van der Waals surface area contributed by atoms with Crippen molar-refractivity contribution in [1.29, 1.82) is 0 Å². The van der Waals surface area contributed by atoms with Crippen LogP contribution in [0.15, 0.2) is 58.1 Å². The first-order valence-electron chi connectivity index (χ1n) is 12.1. The third kappa shape index (κ3) is 4.93. The Bertz CT molecular complexity index is 1550. The summed E-state index contributed by atoms with van der Waals surface area (Å²) in [6, 6.07) is 14.2. The van der Waals surface area contributed by atoms with Gasteiger partial charge in [-0.05, 0) is 43.5 Å². The smallest absolute Gasteiger partial charge is 0.352 e. The summed E-state index contributed by atoms with van der Waals surface area (Å²) in [5.74, 6) is -0.521. The Kier molecular flexibility index (Phi) is 7.33. The first kappa shape index (κ1) is 24.9. The first-order valence-corrected chi connectivity index (χ1v) is 12.1. The molecule has 2 N–H and O–H groups in total. The molecule has 4 aromatic rings. The zero-order chi connectivity index (χ0) is 25.8. The highest BCUT2D eigenvalue weighted by Gasteiger charge is 2.19. The predicted molar refractivity (Wildman–Crippen MR) is 138 cm³/mol. The van der Waals surface area contributed by atoms with Crippen LogP contribution in [0.2, 0.25) is 0 Å². The average molecular weight is 491 g/mol. The maximum absolute atomic E-state index is 13.3. The minimum Gasteiger partial charge on any atom is -0.354 e. The van der Waals surface area contributed by atoms with Crippen molar-refractivity contribution in [2.24, 2.45) is 0 Å². The number of hydrogen-bond donors (Lipinski definition) is 2. The lowest BCUT2D eigenvalue weighted by atomic mass is 10.1. The van der Waals surface area contributed by atoms with E-state index in [1.807, 2.05) is 39.0 Å². The molecule has 1 atom stereocenters. The molecule has 10 nitrogen and oxygen atoms in total. The molecule has 0 spiro atoms. The van der Waals surface area contributed by atoms with E-state index in [2.05, 4.69) is 15.7 Å². The van der Waals surface area contributed by atoms with Gasteiger partial charge in [0.2, 0.25) is 17.6 Å². The van der Waals surface area contributed by atoms with Crippen molar-refractivity contribution in [1.82, 2.24) is 24.1 Å². The van der Waals surface area contributed by atoms with Gasteiger partial charge in [-0.1, -0.05) is 44.2 Å². The zero-order valence-corrected chi connectivity index (χ0v) is 20.7. The fraction of sp³-hybridized carbons (Fsp3) is 0.346. The number of aryl methyl sites for hydroxylation is 2. The van der Waals surface area contributed by atoms with Crippen LogP contribution >= 0.6 is 0 Å². The Morgan fingerprint density at radius 3 is 2.47 bits per heavy atom. The summed E-state index contributed by atoms with van der Waals surface area (Å²) in [5.41, 5.74) is 1.15. The van der Waals surface area contributed by atoms with Crippen LogP contribution in [0.3, 0.4) is 0 Å². The third-order valence-corrected chi connectivity index (χ3v) is 6.23. The molecule has 0 radical (unpaired) electrons. The van der Waals surface area contributed by atoms with Gasteiger partial charge in [-0.25, -0.2) is 13.9 Å².